The summed E-state index contributed by atoms with van der Waals surface area (Å²) in [5.74, 6) is 0. The van der Waals surface area contributed by atoms with Crippen molar-refractivity contribution in [3.63, 3.8) is 0 Å². The van der Waals surface area contributed by atoms with Crippen LogP contribution in [0.3, 0.4) is 0 Å². The summed E-state index contributed by atoms with van der Waals surface area (Å²) in [7, 11) is 8.49. The summed E-state index contributed by atoms with van der Waals surface area (Å²) in [5.41, 5.74) is 0. The zero-order valence-corrected chi connectivity index (χ0v) is 12.4. The predicted octanol–water partition coefficient (Wildman–Crippen LogP) is 1.86. The molecule has 1 aromatic heterocycles. The minimum atomic E-state index is -2.44. The van der Waals surface area contributed by atoms with E-state index >= 15 is 0 Å². The molecule has 17 heavy (non-hydrogen) atoms. The van der Waals surface area contributed by atoms with Crippen LogP contribution in [0.2, 0.25) is 0 Å². The first-order valence-electron chi connectivity index (χ1n) is 5.32. The van der Waals surface area contributed by atoms with E-state index in [4.69, 9.17) is 0 Å². The van der Waals surface area contributed by atoms with E-state index in [0.717, 1.165) is 0 Å². The van der Waals surface area contributed by atoms with Crippen molar-refractivity contribution in [2.24, 2.45) is 0 Å². The molecule has 1 heterocycles. The van der Waals surface area contributed by atoms with Gasteiger partial charge in [0.15, 0.2) is 0 Å². The minimum Gasteiger partial charge on any atom is -0.270 e. The number of hydrogen-bond donors (Lipinski definition) is 0. The highest BCUT2D eigenvalue weighted by atomic mass is 31.2. The van der Waals surface area contributed by atoms with Crippen LogP contribution < -0.4 is 0 Å². The average molecular weight is 258 g/mol. The molecule has 0 bridgehead atoms. The molecule has 0 amide bonds. The third-order valence-electron chi connectivity index (χ3n) is 2.13. The summed E-state index contributed by atoms with van der Waals surface area (Å²) >= 11 is 0. The van der Waals surface area contributed by atoms with Crippen LogP contribution in [0.5, 0.6) is 0 Å². The molecule has 0 radical (unpaired) electrons. The SMILES string of the molecule is CN(C)P(=O)(N(C)C)N(C)C.c1ccncc1. The Morgan fingerprint density at radius 3 is 1.18 bits per heavy atom. The highest BCUT2D eigenvalue weighted by Crippen LogP contribution is 2.50. The summed E-state index contributed by atoms with van der Waals surface area (Å²) in [6.45, 7) is 0. The van der Waals surface area contributed by atoms with Crippen LogP contribution in [0, 0.1) is 0 Å². The maximum absolute atomic E-state index is 12.1. The molecule has 0 unspecified atom stereocenters. The van der Waals surface area contributed by atoms with Crippen LogP contribution in [0.25, 0.3) is 0 Å². The topological polar surface area (TPSA) is 39.7 Å². The molecule has 1 aromatic rings. The van der Waals surface area contributed by atoms with E-state index in [0.29, 0.717) is 0 Å². The molecule has 0 fully saturated rings. The molecule has 5 nitrogen and oxygen atoms in total. The van der Waals surface area contributed by atoms with Gasteiger partial charge in [-0.15, -0.1) is 0 Å². The minimum absolute atomic E-state index is 1.74. The van der Waals surface area contributed by atoms with E-state index in [1.54, 1.807) is 26.4 Å². The first kappa shape index (κ1) is 16.3. The van der Waals surface area contributed by atoms with E-state index in [1.807, 2.05) is 60.5 Å². The van der Waals surface area contributed by atoms with Crippen LogP contribution in [-0.2, 0) is 4.57 Å². The lowest BCUT2D eigenvalue weighted by molar-refractivity contribution is 0.383. The standard InChI is InChI=1S/C6H18N3OP.C5H5N/c1-7(2)11(10,8(3)4)9(5)6;1-2-4-6-5-3-1/h1-6H3;1-5H. The van der Waals surface area contributed by atoms with Crippen molar-refractivity contribution in [2.45, 2.75) is 0 Å². The molecule has 98 valence electrons. The van der Waals surface area contributed by atoms with Gasteiger partial charge in [-0.25, -0.2) is 14.0 Å². The van der Waals surface area contributed by atoms with Gasteiger partial charge < -0.3 is 0 Å². The zero-order valence-electron chi connectivity index (χ0n) is 11.5. The lowest BCUT2D eigenvalue weighted by Crippen LogP contribution is -2.30. The van der Waals surface area contributed by atoms with Gasteiger partial charge in [-0.05, 0) is 54.4 Å². The summed E-state index contributed by atoms with van der Waals surface area (Å²) < 4.78 is 17.3. The number of hydrogen-bond acceptors (Lipinski definition) is 2. The quantitative estimate of drug-likeness (QED) is 0.774. The Bertz CT molecular complexity index is 285. The van der Waals surface area contributed by atoms with Crippen LogP contribution in [0.4, 0.5) is 0 Å². The summed E-state index contributed by atoms with van der Waals surface area (Å²) in [4.78, 5) is 3.78. The van der Waals surface area contributed by atoms with E-state index in [-0.39, 0.29) is 0 Å². The second-order valence-corrected chi connectivity index (χ2v) is 7.51. The van der Waals surface area contributed by atoms with Gasteiger partial charge in [0.25, 0.3) is 7.59 Å². The van der Waals surface area contributed by atoms with Crippen molar-refractivity contribution >= 4 is 7.59 Å². The van der Waals surface area contributed by atoms with Gasteiger partial charge in [-0.1, -0.05) is 6.07 Å². The monoisotopic (exact) mass is 258 g/mol. The third kappa shape index (κ3) is 4.96. The zero-order chi connectivity index (χ0) is 13.5. The van der Waals surface area contributed by atoms with Gasteiger partial charge in [-0.2, -0.15) is 0 Å². The number of nitrogens with zero attached hydrogens (tertiary/aromatic N) is 4. The Balaban J connectivity index is 0.000000354. The fourth-order valence-corrected chi connectivity index (χ4v) is 3.53. The highest BCUT2D eigenvalue weighted by molar-refractivity contribution is 7.56. The maximum Gasteiger partial charge on any atom is 0.285 e. The van der Waals surface area contributed by atoms with Gasteiger partial charge in [0.2, 0.25) is 0 Å². The van der Waals surface area contributed by atoms with Crippen LogP contribution in [0.15, 0.2) is 30.6 Å². The summed E-state index contributed by atoms with van der Waals surface area (Å²) in [6.07, 6.45) is 3.50. The summed E-state index contributed by atoms with van der Waals surface area (Å²) in [5, 5.41) is 0. The van der Waals surface area contributed by atoms with Crippen LogP contribution in [0.1, 0.15) is 0 Å². The van der Waals surface area contributed by atoms with E-state index in [9.17, 15) is 4.57 Å². The summed E-state index contributed by atoms with van der Waals surface area (Å²) in [6, 6.07) is 5.72. The average Bonchev–Trinajstić information content (AvgIpc) is 2.30. The van der Waals surface area contributed by atoms with Crippen molar-refractivity contribution in [1.29, 1.82) is 0 Å². The van der Waals surface area contributed by atoms with Crippen molar-refractivity contribution in [3.05, 3.63) is 30.6 Å². The Labute approximate surface area is 105 Å². The van der Waals surface area contributed by atoms with Gasteiger partial charge in [0, 0.05) is 12.4 Å². The van der Waals surface area contributed by atoms with Crippen molar-refractivity contribution in [2.75, 3.05) is 42.3 Å². The molecule has 0 saturated heterocycles. The van der Waals surface area contributed by atoms with Crippen molar-refractivity contribution in [1.82, 2.24) is 19.0 Å². The molecule has 1 rings (SSSR count). The molecule has 0 spiro atoms. The normalized spacial score (nSPS) is 11.6. The smallest absolute Gasteiger partial charge is 0.270 e. The molecular formula is C11H23N4OP. The number of aromatic nitrogens is 1. The first-order valence-corrected chi connectivity index (χ1v) is 6.88. The second kappa shape index (κ2) is 7.56. The van der Waals surface area contributed by atoms with Crippen molar-refractivity contribution in [3.8, 4) is 0 Å². The van der Waals surface area contributed by atoms with Gasteiger partial charge in [0.1, 0.15) is 0 Å². The third-order valence-corrected chi connectivity index (χ3v) is 5.26. The number of pyridine rings is 1. The fraction of sp³-hybridized carbons (Fsp3) is 0.545. The molecule has 6 heteroatoms. The lowest BCUT2D eigenvalue weighted by atomic mass is 10.5. The van der Waals surface area contributed by atoms with Gasteiger partial charge >= 0.3 is 0 Å². The molecule has 0 N–H and O–H groups in total. The molecule has 0 aliphatic rings. The van der Waals surface area contributed by atoms with E-state index in [1.165, 1.54) is 0 Å². The Kier molecular flexibility index (Phi) is 7.23. The molecule has 0 saturated carbocycles. The lowest BCUT2D eigenvalue weighted by Gasteiger charge is -2.34. The second-order valence-electron chi connectivity index (χ2n) is 4.08. The molecule has 0 aliphatic carbocycles. The predicted molar refractivity (Wildman–Crippen MR) is 72.9 cm³/mol. The Hall–Kier alpha value is -0.740. The van der Waals surface area contributed by atoms with E-state index in [2.05, 4.69) is 4.98 Å². The maximum atomic E-state index is 12.1. The van der Waals surface area contributed by atoms with Gasteiger partial charge in [0.05, 0.1) is 0 Å². The number of rotatable bonds is 3. The Morgan fingerprint density at radius 1 is 0.765 bits per heavy atom. The van der Waals surface area contributed by atoms with E-state index < -0.39 is 7.59 Å². The van der Waals surface area contributed by atoms with Crippen LogP contribution >= 0.6 is 7.59 Å². The largest absolute Gasteiger partial charge is 0.285 e. The molecular weight excluding hydrogens is 235 g/mol. The molecule has 0 atom stereocenters. The fourth-order valence-electron chi connectivity index (χ4n) is 1.39. The van der Waals surface area contributed by atoms with Crippen molar-refractivity contribution < 1.29 is 4.57 Å². The Morgan fingerprint density at radius 2 is 1.12 bits per heavy atom. The highest BCUT2D eigenvalue weighted by Gasteiger charge is 2.30. The molecule has 0 aromatic carbocycles. The van der Waals surface area contributed by atoms with Crippen LogP contribution in [-0.4, -0.2) is 61.3 Å². The first-order chi connectivity index (χ1) is 7.83. The molecule has 0 aliphatic heterocycles. The van der Waals surface area contributed by atoms with Gasteiger partial charge in [-0.3, -0.25) is 9.55 Å².